The number of para-hydroxylation sites is 1. The van der Waals surface area contributed by atoms with Gasteiger partial charge in [0, 0.05) is 11.4 Å². The first kappa shape index (κ1) is 15.4. The first-order valence-corrected chi connectivity index (χ1v) is 8.38. The van der Waals surface area contributed by atoms with Crippen molar-refractivity contribution in [1.29, 1.82) is 5.41 Å². The second-order valence-corrected chi connectivity index (χ2v) is 6.29. The van der Waals surface area contributed by atoms with Gasteiger partial charge in [0.2, 0.25) is 0 Å². The van der Waals surface area contributed by atoms with Crippen LogP contribution in [0.1, 0.15) is 16.8 Å². The van der Waals surface area contributed by atoms with Crippen LogP contribution in [-0.2, 0) is 6.54 Å². The van der Waals surface area contributed by atoms with E-state index in [1.807, 2.05) is 41.0 Å². The van der Waals surface area contributed by atoms with Crippen LogP contribution in [0.3, 0.4) is 0 Å². The van der Waals surface area contributed by atoms with Gasteiger partial charge in [-0.15, -0.1) is 0 Å². The van der Waals surface area contributed by atoms with Crippen molar-refractivity contribution < 1.29 is 0 Å². The summed E-state index contributed by atoms with van der Waals surface area (Å²) in [7, 11) is 0. The Balaban J connectivity index is 1.91. The molecule has 2 aromatic carbocycles. The molecule has 0 radical (unpaired) electrons. The van der Waals surface area contributed by atoms with E-state index in [0.29, 0.717) is 12.0 Å². The zero-order valence-electron chi connectivity index (χ0n) is 14.4. The molecule has 1 N–H and O–H groups in total. The standard InChI is InChI=1S/C21H20N4/c1-15-16(2)25(18-11-7-4-8-12-18)21-19(15)20(22)24(14-23-21)13-17-9-5-3-6-10-17/h3-12,14,22H,13H2,1-2H3. The molecule has 0 bridgehead atoms. The molecular weight excluding hydrogens is 308 g/mol. The molecule has 0 aliphatic rings. The third-order valence-electron chi connectivity index (χ3n) is 4.74. The van der Waals surface area contributed by atoms with Crippen molar-refractivity contribution in [2.45, 2.75) is 20.4 Å². The van der Waals surface area contributed by atoms with Gasteiger partial charge in [-0.1, -0.05) is 48.5 Å². The molecule has 0 amide bonds. The summed E-state index contributed by atoms with van der Waals surface area (Å²) in [5.74, 6) is 0. The summed E-state index contributed by atoms with van der Waals surface area (Å²) in [5.41, 5.74) is 5.82. The lowest BCUT2D eigenvalue weighted by molar-refractivity contribution is 0.721. The summed E-state index contributed by atoms with van der Waals surface area (Å²) in [6.07, 6.45) is 1.77. The van der Waals surface area contributed by atoms with Crippen LogP contribution >= 0.6 is 0 Å². The number of aromatic nitrogens is 3. The first-order valence-electron chi connectivity index (χ1n) is 8.38. The molecule has 4 rings (SSSR count). The Kier molecular flexibility index (Phi) is 3.73. The van der Waals surface area contributed by atoms with Crippen molar-refractivity contribution in [3.8, 4) is 5.69 Å². The predicted molar refractivity (Wildman–Crippen MR) is 99.9 cm³/mol. The van der Waals surface area contributed by atoms with Crippen molar-refractivity contribution >= 4 is 11.0 Å². The van der Waals surface area contributed by atoms with Crippen molar-refractivity contribution in [2.24, 2.45) is 0 Å². The second-order valence-electron chi connectivity index (χ2n) is 6.29. The number of aryl methyl sites for hydroxylation is 1. The quantitative estimate of drug-likeness (QED) is 0.608. The van der Waals surface area contributed by atoms with E-state index in [2.05, 4.69) is 42.7 Å². The molecule has 124 valence electrons. The number of fused-ring (bicyclic) bond motifs is 1. The van der Waals surface area contributed by atoms with E-state index in [1.165, 1.54) is 5.56 Å². The van der Waals surface area contributed by atoms with Gasteiger partial charge >= 0.3 is 0 Å². The Labute approximate surface area is 146 Å². The molecule has 0 aliphatic heterocycles. The maximum atomic E-state index is 8.71. The van der Waals surface area contributed by atoms with Crippen LogP contribution in [0, 0.1) is 19.3 Å². The fraction of sp³-hybridized carbons (Fsp3) is 0.143. The van der Waals surface area contributed by atoms with Gasteiger partial charge in [0.1, 0.15) is 11.1 Å². The molecule has 0 unspecified atom stereocenters. The molecule has 4 nitrogen and oxygen atoms in total. The van der Waals surface area contributed by atoms with E-state index in [0.717, 1.165) is 28.0 Å². The van der Waals surface area contributed by atoms with E-state index in [4.69, 9.17) is 10.4 Å². The predicted octanol–water partition coefficient (Wildman–Crippen LogP) is 3.97. The van der Waals surface area contributed by atoms with Crippen LogP contribution in [0.4, 0.5) is 0 Å². The van der Waals surface area contributed by atoms with Gasteiger partial charge in [-0.3, -0.25) is 9.98 Å². The molecule has 0 atom stereocenters. The molecule has 25 heavy (non-hydrogen) atoms. The highest BCUT2D eigenvalue weighted by atomic mass is 15.1. The number of nitrogens with one attached hydrogen (secondary N) is 1. The maximum Gasteiger partial charge on any atom is 0.150 e. The lowest BCUT2D eigenvalue weighted by Crippen LogP contribution is -2.21. The van der Waals surface area contributed by atoms with Crippen LogP contribution in [0.15, 0.2) is 67.0 Å². The molecule has 0 saturated carbocycles. The van der Waals surface area contributed by atoms with Gasteiger partial charge in [0.05, 0.1) is 18.3 Å². The second kappa shape index (κ2) is 6.06. The SMILES string of the molecule is Cc1c(C)n(-c2ccccc2)c2ncn(Cc3ccccc3)c(=N)c12. The monoisotopic (exact) mass is 328 g/mol. The minimum atomic E-state index is 0.504. The largest absolute Gasteiger partial charge is 0.312 e. The van der Waals surface area contributed by atoms with Gasteiger partial charge in [0.25, 0.3) is 0 Å². The summed E-state index contributed by atoms with van der Waals surface area (Å²) in [4.78, 5) is 4.70. The van der Waals surface area contributed by atoms with E-state index >= 15 is 0 Å². The first-order chi connectivity index (χ1) is 12.2. The van der Waals surface area contributed by atoms with Gasteiger partial charge in [-0.05, 0) is 37.1 Å². The number of hydrogen-bond acceptors (Lipinski definition) is 2. The number of rotatable bonds is 3. The van der Waals surface area contributed by atoms with E-state index in [1.54, 1.807) is 6.33 Å². The van der Waals surface area contributed by atoms with Crippen LogP contribution in [0.25, 0.3) is 16.7 Å². The molecule has 2 heterocycles. The van der Waals surface area contributed by atoms with Gasteiger partial charge in [-0.2, -0.15) is 0 Å². The molecule has 0 spiro atoms. The topological polar surface area (TPSA) is 46.6 Å². The molecule has 0 saturated heterocycles. The van der Waals surface area contributed by atoms with Crippen LogP contribution in [0.5, 0.6) is 0 Å². The number of benzene rings is 2. The van der Waals surface area contributed by atoms with Crippen molar-refractivity contribution in [3.05, 3.63) is 89.3 Å². The van der Waals surface area contributed by atoms with Gasteiger partial charge in [0.15, 0.2) is 0 Å². The minimum Gasteiger partial charge on any atom is -0.312 e. The molecule has 4 aromatic rings. The molecule has 0 fully saturated rings. The van der Waals surface area contributed by atoms with Crippen molar-refractivity contribution in [1.82, 2.24) is 14.1 Å². The number of hydrogen-bond donors (Lipinski definition) is 1. The average molecular weight is 328 g/mol. The molecule has 2 aromatic heterocycles. The zero-order valence-corrected chi connectivity index (χ0v) is 14.4. The third kappa shape index (κ3) is 2.56. The van der Waals surface area contributed by atoms with Gasteiger partial charge in [-0.25, -0.2) is 4.98 Å². The summed E-state index contributed by atoms with van der Waals surface area (Å²) >= 11 is 0. The minimum absolute atomic E-state index is 0.504. The fourth-order valence-electron chi connectivity index (χ4n) is 3.31. The Bertz CT molecular complexity index is 1090. The highest BCUT2D eigenvalue weighted by molar-refractivity contribution is 5.82. The number of nitrogens with zero attached hydrogens (tertiary/aromatic N) is 3. The van der Waals surface area contributed by atoms with E-state index < -0.39 is 0 Å². The van der Waals surface area contributed by atoms with Crippen molar-refractivity contribution in [3.63, 3.8) is 0 Å². The Morgan fingerprint density at radius 1 is 0.920 bits per heavy atom. The summed E-state index contributed by atoms with van der Waals surface area (Å²) in [6.45, 7) is 4.81. The van der Waals surface area contributed by atoms with E-state index in [-0.39, 0.29) is 0 Å². The van der Waals surface area contributed by atoms with Crippen LogP contribution in [0.2, 0.25) is 0 Å². The van der Waals surface area contributed by atoms with Crippen LogP contribution in [-0.4, -0.2) is 14.1 Å². The van der Waals surface area contributed by atoms with Crippen molar-refractivity contribution in [2.75, 3.05) is 0 Å². The normalized spacial score (nSPS) is 11.1. The smallest absolute Gasteiger partial charge is 0.150 e. The fourth-order valence-corrected chi connectivity index (χ4v) is 3.31. The highest BCUT2D eigenvalue weighted by Gasteiger charge is 2.16. The third-order valence-corrected chi connectivity index (χ3v) is 4.74. The van der Waals surface area contributed by atoms with E-state index in [9.17, 15) is 0 Å². The zero-order chi connectivity index (χ0) is 17.4. The molecular formula is C21H20N4. The summed E-state index contributed by atoms with van der Waals surface area (Å²) in [5, 5.41) is 9.63. The Morgan fingerprint density at radius 3 is 2.24 bits per heavy atom. The maximum absolute atomic E-state index is 8.71. The van der Waals surface area contributed by atoms with Gasteiger partial charge < -0.3 is 4.57 Å². The summed E-state index contributed by atoms with van der Waals surface area (Å²) in [6, 6.07) is 20.4. The molecule has 0 aliphatic carbocycles. The lowest BCUT2D eigenvalue weighted by atomic mass is 10.2. The molecule has 4 heteroatoms. The van der Waals surface area contributed by atoms with Crippen LogP contribution < -0.4 is 5.49 Å². The average Bonchev–Trinajstić information content (AvgIpc) is 2.90. The Hall–Kier alpha value is -3.14. The Morgan fingerprint density at radius 2 is 1.56 bits per heavy atom. The lowest BCUT2D eigenvalue weighted by Gasteiger charge is -2.09. The highest BCUT2D eigenvalue weighted by Crippen LogP contribution is 2.24. The summed E-state index contributed by atoms with van der Waals surface area (Å²) < 4.78 is 4.04.